The average molecular weight is 264 g/mol. The van der Waals surface area contributed by atoms with Gasteiger partial charge in [0.1, 0.15) is 5.82 Å². The van der Waals surface area contributed by atoms with Crippen molar-refractivity contribution in [1.82, 2.24) is 4.98 Å². The molecular weight excluding hydrogens is 251 g/mol. The molecule has 2 aromatic carbocycles. The largest absolute Gasteiger partial charge is 0.399 e. The van der Waals surface area contributed by atoms with Crippen LogP contribution in [0.25, 0.3) is 16.5 Å². The lowest BCUT2D eigenvalue weighted by Gasteiger charge is -2.07. The van der Waals surface area contributed by atoms with Crippen LogP contribution in [0.5, 0.6) is 0 Å². The molecule has 0 saturated carbocycles. The molecule has 0 aliphatic heterocycles. The van der Waals surface area contributed by atoms with Gasteiger partial charge in [0.25, 0.3) is 0 Å². The van der Waals surface area contributed by atoms with Crippen LogP contribution in [-0.2, 0) is 0 Å². The van der Waals surface area contributed by atoms with E-state index in [0.29, 0.717) is 16.9 Å². The Balaban J connectivity index is 2.07. The Kier molecular flexibility index (Phi) is 2.95. The standard InChI is InChI=1S/C17H13FN2/c1-11(13-3-2-4-15(19)9-13)16-8-6-12-5-7-14(18)10-17(12)20-16/h2-10H,1,19H2. The third kappa shape index (κ3) is 2.26. The first-order valence-corrected chi connectivity index (χ1v) is 6.25. The normalized spacial score (nSPS) is 10.7. The molecule has 0 spiro atoms. The van der Waals surface area contributed by atoms with Crippen LogP contribution in [0.2, 0.25) is 0 Å². The third-order valence-electron chi connectivity index (χ3n) is 3.20. The number of aromatic nitrogens is 1. The Morgan fingerprint density at radius 2 is 1.85 bits per heavy atom. The molecule has 0 unspecified atom stereocenters. The molecule has 3 aromatic rings. The van der Waals surface area contributed by atoms with Crippen LogP contribution < -0.4 is 5.73 Å². The Morgan fingerprint density at radius 3 is 2.65 bits per heavy atom. The molecule has 0 atom stereocenters. The van der Waals surface area contributed by atoms with Crippen LogP contribution in [0.4, 0.5) is 10.1 Å². The lowest BCUT2D eigenvalue weighted by molar-refractivity contribution is 0.629. The maximum Gasteiger partial charge on any atom is 0.125 e. The van der Waals surface area contributed by atoms with Gasteiger partial charge in [-0.3, -0.25) is 0 Å². The molecule has 2 N–H and O–H groups in total. The molecule has 0 bridgehead atoms. The number of rotatable bonds is 2. The van der Waals surface area contributed by atoms with Crippen molar-refractivity contribution in [2.24, 2.45) is 0 Å². The summed E-state index contributed by atoms with van der Waals surface area (Å²) in [4.78, 5) is 4.46. The summed E-state index contributed by atoms with van der Waals surface area (Å²) in [6.45, 7) is 4.05. The number of hydrogen-bond acceptors (Lipinski definition) is 2. The number of nitrogens with two attached hydrogens (primary N) is 1. The van der Waals surface area contributed by atoms with Gasteiger partial charge in [-0.25, -0.2) is 9.37 Å². The predicted octanol–water partition coefficient (Wildman–Crippen LogP) is 4.02. The van der Waals surface area contributed by atoms with E-state index in [9.17, 15) is 4.39 Å². The highest BCUT2D eigenvalue weighted by Gasteiger charge is 2.06. The van der Waals surface area contributed by atoms with Crippen LogP contribution in [0.1, 0.15) is 11.3 Å². The summed E-state index contributed by atoms with van der Waals surface area (Å²) in [6.07, 6.45) is 0. The zero-order chi connectivity index (χ0) is 14.1. The van der Waals surface area contributed by atoms with Gasteiger partial charge in [0.05, 0.1) is 11.2 Å². The topological polar surface area (TPSA) is 38.9 Å². The van der Waals surface area contributed by atoms with Gasteiger partial charge in [-0.15, -0.1) is 0 Å². The second-order valence-electron chi connectivity index (χ2n) is 4.64. The third-order valence-corrected chi connectivity index (χ3v) is 3.20. The first-order chi connectivity index (χ1) is 9.63. The molecular formula is C17H13FN2. The summed E-state index contributed by atoms with van der Waals surface area (Å²) >= 11 is 0. The van der Waals surface area contributed by atoms with Gasteiger partial charge in [0, 0.05) is 22.7 Å². The molecule has 3 rings (SSSR count). The summed E-state index contributed by atoms with van der Waals surface area (Å²) in [5.41, 5.74) is 9.46. The number of fused-ring (bicyclic) bond motifs is 1. The summed E-state index contributed by atoms with van der Waals surface area (Å²) in [7, 11) is 0. The highest BCUT2D eigenvalue weighted by molar-refractivity contribution is 5.84. The minimum Gasteiger partial charge on any atom is -0.399 e. The minimum absolute atomic E-state index is 0.295. The molecule has 20 heavy (non-hydrogen) atoms. The first-order valence-electron chi connectivity index (χ1n) is 6.25. The van der Waals surface area contributed by atoms with E-state index in [1.807, 2.05) is 36.4 Å². The Bertz CT molecular complexity index is 809. The fourth-order valence-corrected chi connectivity index (χ4v) is 2.13. The molecule has 3 heteroatoms. The maximum absolute atomic E-state index is 13.3. The van der Waals surface area contributed by atoms with E-state index in [2.05, 4.69) is 11.6 Å². The Labute approximate surface area is 116 Å². The average Bonchev–Trinajstić information content (AvgIpc) is 2.45. The molecule has 0 fully saturated rings. The Morgan fingerprint density at radius 1 is 1.05 bits per heavy atom. The summed E-state index contributed by atoms with van der Waals surface area (Å²) in [6, 6.07) is 15.8. The van der Waals surface area contributed by atoms with E-state index in [-0.39, 0.29) is 5.82 Å². The zero-order valence-corrected chi connectivity index (χ0v) is 10.8. The number of pyridine rings is 1. The number of benzene rings is 2. The van der Waals surface area contributed by atoms with Gasteiger partial charge in [0.15, 0.2) is 0 Å². The van der Waals surface area contributed by atoms with Crippen molar-refractivity contribution in [3.8, 4) is 0 Å². The maximum atomic E-state index is 13.3. The van der Waals surface area contributed by atoms with E-state index in [0.717, 1.165) is 16.5 Å². The van der Waals surface area contributed by atoms with Crippen LogP contribution in [0.15, 0.2) is 61.2 Å². The van der Waals surface area contributed by atoms with Crippen molar-refractivity contribution in [2.75, 3.05) is 5.73 Å². The van der Waals surface area contributed by atoms with Crippen molar-refractivity contribution in [3.05, 3.63) is 78.3 Å². The highest BCUT2D eigenvalue weighted by atomic mass is 19.1. The van der Waals surface area contributed by atoms with Gasteiger partial charge >= 0.3 is 0 Å². The monoisotopic (exact) mass is 264 g/mol. The van der Waals surface area contributed by atoms with Gasteiger partial charge in [-0.1, -0.05) is 24.8 Å². The van der Waals surface area contributed by atoms with Crippen LogP contribution in [0, 0.1) is 5.82 Å². The van der Waals surface area contributed by atoms with E-state index < -0.39 is 0 Å². The van der Waals surface area contributed by atoms with Gasteiger partial charge in [-0.05, 0) is 35.9 Å². The number of nitrogen functional groups attached to an aromatic ring is 1. The minimum atomic E-state index is -0.295. The fraction of sp³-hybridized carbons (Fsp3) is 0. The fourth-order valence-electron chi connectivity index (χ4n) is 2.13. The molecule has 1 aromatic heterocycles. The molecule has 98 valence electrons. The molecule has 0 amide bonds. The smallest absolute Gasteiger partial charge is 0.125 e. The SMILES string of the molecule is C=C(c1cccc(N)c1)c1ccc2ccc(F)cc2n1. The predicted molar refractivity (Wildman–Crippen MR) is 80.7 cm³/mol. The summed E-state index contributed by atoms with van der Waals surface area (Å²) in [5.74, 6) is -0.295. The lowest BCUT2D eigenvalue weighted by atomic mass is 10.0. The molecule has 0 aliphatic rings. The number of nitrogens with zero attached hydrogens (tertiary/aromatic N) is 1. The zero-order valence-electron chi connectivity index (χ0n) is 10.8. The van der Waals surface area contributed by atoms with Crippen molar-refractivity contribution in [1.29, 1.82) is 0 Å². The number of anilines is 1. The summed E-state index contributed by atoms with van der Waals surface area (Å²) < 4.78 is 13.3. The van der Waals surface area contributed by atoms with Crippen molar-refractivity contribution in [2.45, 2.75) is 0 Å². The van der Waals surface area contributed by atoms with E-state index in [4.69, 9.17) is 5.73 Å². The van der Waals surface area contributed by atoms with E-state index in [1.54, 1.807) is 6.07 Å². The van der Waals surface area contributed by atoms with Crippen molar-refractivity contribution in [3.63, 3.8) is 0 Å². The first kappa shape index (κ1) is 12.4. The van der Waals surface area contributed by atoms with Crippen molar-refractivity contribution >= 4 is 22.2 Å². The van der Waals surface area contributed by atoms with Gasteiger partial charge in [0.2, 0.25) is 0 Å². The summed E-state index contributed by atoms with van der Waals surface area (Å²) in [5, 5.41) is 0.899. The molecule has 0 radical (unpaired) electrons. The molecule has 2 nitrogen and oxygen atoms in total. The van der Waals surface area contributed by atoms with Crippen LogP contribution in [-0.4, -0.2) is 4.98 Å². The second kappa shape index (κ2) is 4.78. The van der Waals surface area contributed by atoms with Gasteiger partial charge in [-0.2, -0.15) is 0 Å². The van der Waals surface area contributed by atoms with E-state index in [1.165, 1.54) is 12.1 Å². The molecule has 0 aliphatic carbocycles. The highest BCUT2D eigenvalue weighted by Crippen LogP contribution is 2.24. The van der Waals surface area contributed by atoms with E-state index >= 15 is 0 Å². The lowest BCUT2D eigenvalue weighted by Crippen LogP contribution is -1.93. The quantitative estimate of drug-likeness (QED) is 0.710. The van der Waals surface area contributed by atoms with Crippen LogP contribution in [0.3, 0.4) is 0 Å². The second-order valence-corrected chi connectivity index (χ2v) is 4.64. The van der Waals surface area contributed by atoms with Crippen molar-refractivity contribution < 1.29 is 4.39 Å². The Hall–Kier alpha value is -2.68. The van der Waals surface area contributed by atoms with Crippen LogP contribution >= 0.6 is 0 Å². The number of hydrogen-bond donors (Lipinski definition) is 1. The molecule has 1 heterocycles. The molecule has 0 saturated heterocycles. The number of halogens is 1. The van der Waals surface area contributed by atoms with Gasteiger partial charge < -0.3 is 5.73 Å².